The van der Waals surface area contributed by atoms with Crippen LogP contribution < -0.4 is 75.3 Å². The summed E-state index contributed by atoms with van der Waals surface area (Å²) in [5, 5.41) is 80.3. The number of rotatable bonds is 22. The van der Waals surface area contributed by atoms with Gasteiger partial charge in [-0.2, -0.15) is 0 Å². The molecule has 1 heterocycles. The number of carbonyl (C=O) groups excluding carboxylic acids is 13. The smallest absolute Gasteiger partial charge is 0.408 e. The zero-order valence-corrected chi connectivity index (χ0v) is 55.5. The molecule has 1 aliphatic heterocycles. The van der Waals surface area contributed by atoms with Crippen LogP contribution in [0.15, 0.2) is 30.3 Å². The first-order valence-corrected chi connectivity index (χ1v) is 31.0. The number of benzene rings is 1. The van der Waals surface area contributed by atoms with Gasteiger partial charge in [-0.1, -0.05) is 85.2 Å². The standard InChI is InChI=1S/C60H99N15O19/c1-14-29(6)39-53(87)73-40(33(10)77)52(86)65-25-38(78)71-42(45(80)47(61)81)55(89)69-37(26-76)57(91)93-46(34-19-16-15-17-20-34)43(75-49(83)32(9)66-51(85)36(24-28(4)5)70-59(92)94-60(11,12)13)56(90)74-41(44(79)30(7)23-27(2)3)54(88)67-31(8)48(82)68-35(50(84)72-39)21-18-22-64-58(62)63/h15-17,19-20,27-33,35-37,39-46,76-77,79-80H,14,18,21-26H2,1-13H3,(H2,61,81)(H,65,86)(H,66,85)(H,67,88)(H,68,82)(H,69,89)(H,70,92)(H,71,78)(H,72,84)(H,73,87)(H,74,90)(H,75,83)(H4,62,63,64)/t29-,30?,31-,32-,33-,35+,36+,37-,39-,40-,41-,42-,43-,44+,45-,46+/m0/s1. The Morgan fingerprint density at radius 2 is 1.26 bits per heavy atom. The highest BCUT2D eigenvalue weighted by molar-refractivity contribution is 6.00. The highest BCUT2D eigenvalue weighted by Crippen LogP contribution is 2.25. The summed E-state index contributed by atoms with van der Waals surface area (Å²) in [4.78, 5) is 182. The number of nitrogens with two attached hydrogens (primary N) is 2. The molecular formula is C60H99N15O19. The third-order valence-electron chi connectivity index (χ3n) is 14.7. The molecule has 94 heavy (non-hydrogen) atoms. The minimum atomic E-state index is -2.60. The van der Waals surface area contributed by atoms with Crippen LogP contribution in [0.4, 0.5) is 4.79 Å². The summed E-state index contributed by atoms with van der Waals surface area (Å²) in [7, 11) is 0. The quantitative estimate of drug-likeness (QED) is 0.0225. The molecule has 2 rings (SSSR count). The van der Waals surface area contributed by atoms with Gasteiger partial charge in [0, 0.05) is 6.54 Å². The average molecular weight is 1330 g/mol. The number of aliphatic hydroxyl groups excluding tert-OH is 4. The number of carbonyl (C=O) groups is 13. The number of primary amides is 1. The summed E-state index contributed by atoms with van der Waals surface area (Å²) in [5.74, 6) is -17.5. The third kappa shape index (κ3) is 27.1. The molecule has 0 spiro atoms. The first-order chi connectivity index (χ1) is 43.7. The number of esters is 1. The van der Waals surface area contributed by atoms with Crippen molar-refractivity contribution in [2.24, 2.45) is 35.1 Å². The van der Waals surface area contributed by atoms with Gasteiger partial charge >= 0.3 is 12.1 Å². The first-order valence-electron chi connectivity index (χ1n) is 31.0. The largest absolute Gasteiger partial charge is 0.453 e. The fourth-order valence-electron chi connectivity index (χ4n) is 9.49. The van der Waals surface area contributed by atoms with Crippen molar-refractivity contribution in [3.8, 4) is 0 Å². The fourth-order valence-corrected chi connectivity index (χ4v) is 9.49. The van der Waals surface area contributed by atoms with Gasteiger partial charge in [-0.3, -0.25) is 58.1 Å². The van der Waals surface area contributed by atoms with Crippen molar-refractivity contribution < 1.29 is 92.2 Å². The maximum absolute atomic E-state index is 15.4. The highest BCUT2D eigenvalue weighted by atomic mass is 16.6. The molecule has 0 radical (unpaired) electrons. The summed E-state index contributed by atoms with van der Waals surface area (Å²) >= 11 is 0. The Kier molecular flexibility index (Phi) is 33.3. The Balaban J connectivity index is 3.07. The van der Waals surface area contributed by atoms with Gasteiger partial charge in [-0.05, 0) is 96.5 Å². The SMILES string of the molecule is CC[C@H](C)[C@@H]1NC(=O)[C@@H](CCCNC(=N)N)NC(=O)[C@H](C)NC(=O)[C@H]([C@H](O)C(C)CC(C)C)NC(=O)[C@@H](NC(=O)[C@H](C)NC(=O)[C@@H](CC(C)C)NC(=O)OC(C)(C)C)[C@@H](c2ccccc2)OC(=O)[C@H](CO)NC(=O)[C@H]([C@H](O)C(N)=O)NC(=O)CNC(=O)[C@H]([C@H](C)O)NC1=O. The van der Waals surface area contributed by atoms with Crippen LogP contribution in [0.5, 0.6) is 0 Å². The van der Waals surface area contributed by atoms with E-state index in [9.17, 15) is 78.0 Å². The molecule has 1 aliphatic rings. The second kappa shape index (κ2) is 38.4. The van der Waals surface area contributed by atoms with Crippen molar-refractivity contribution in [3.63, 3.8) is 0 Å². The van der Waals surface area contributed by atoms with Crippen molar-refractivity contribution >= 4 is 83.0 Å². The van der Waals surface area contributed by atoms with Crippen LogP contribution in [0.3, 0.4) is 0 Å². The third-order valence-corrected chi connectivity index (χ3v) is 14.7. The average Bonchev–Trinajstić information content (AvgIpc) is 0.844. The van der Waals surface area contributed by atoms with Crippen LogP contribution in [-0.2, 0) is 67.0 Å². The Labute approximate surface area is 546 Å². The van der Waals surface area contributed by atoms with Gasteiger partial charge < -0.3 is 105 Å². The van der Waals surface area contributed by atoms with Gasteiger partial charge in [0.05, 0.1) is 25.4 Å². The number of amides is 12. The molecule has 0 saturated carbocycles. The van der Waals surface area contributed by atoms with Crippen molar-refractivity contribution in [2.75, 3.05) is 19.7 Å². The molecule has 0 aromatic heterocycles. The zero-order valence-electron chi connectivity index (χ0n) is 55.5. The lowest BCUT2D eigenvalue weighted by Gasteiger charge is -2.34. The molecule has 1 unspecified atom stereocenters. The molecular weight excluding hydrogens is 1230 g/mol. The van der Waals surface area contributed by atoms with Crippen molar-refractivity contribution in [1.82, 2.24) is 63.8 Å². The molecule has 1 fully saturated rings. The van der Waals surface area contributed by atoms with Crippen LogP contribution in [0, 0.1) is 29.1 Å². The molecule has 16 atom stereocenters. The number of nitrogens with one attached hydrogen (secondary N) is 13. The fraction of sp³-hybridized carbons (Fsp3) is 0.667. The normalized spacial score (nSPS) is 24.5. The number of hydrogen-bond donors (Lipinski definition) is 19. The zero-order chi connectivity index (χ0) is 71.6. The lowest BCUT2D eigenvalue weighted by atomic mass is 9.89. The van der Waals surface area contributed by atoms with Crippen LogP contribution in [0.25, 0.3) is 0 Å². The van der Waals surface area contributed by atoms with E-state index in [4.69, 9.17) is 26.4 Å². The summed E-state index contributed by atoms with van der Waals surface area (Å²) in [6.45, 7) is 17.6. The molecule has 34 nitrogen and oxygen atoms in total. The van der Waals surface area contributed by atoms with Crippen LogP contribution >= 0.6 is 0 Å². The Bertz CT molecular complexity index is 2800. The van der Waals surface area contributed by atoms with E-state index in [0.29, 0.717) is 0 Å². The molecule has 1 aromatic rings. The van der Waals surface area contributed by atoms with Gasteiger partial charge in [-0.15, -0.1) is 0 Å². The summed E-state index contributed by atoms with van der Waals surface area (Å²) in [6, 6.07) is -11.5. The van der Waals surface area contributed by atoms with Crippen LogP contribution in [0.1, 0.15) is 134 Å². The van der Waals surface area contributed by atoms with E-state index in [1.807, 2.05) is 10.6 Å². The second-order valence-corrected chi connectivity index (χ2v) is 25.1. The number of cyclic esters (lactones) is 1. The van der Waals surface area contributed by atoms with Gasteiger partial charge in [-0.25, -0.2) is 9.59 Å². The van der Waals surface area contributed by atoms with Gasteiger partial charge in [0.1, 0.15) is 60.0 Å². The second-order valence-electron chi connectivity index (χ2n) is 25.1. The molecule has 1 aromatic carbocycles. The van der Waals surface area contributed by atoms with E-state index in [0.717, 1.165) is 6.92 Å². The summed E-state index contributed by atoms with van der Waals surface area (Å²) in [6.07, 6.45) is -8.90. The van der Waals surface area contributed by atoms with Crippen molar-refractivity contribution in [1.29, 1.82) is 5.41 Å². The number of alkyl carbamates (subject to hydrolysis) is 1. The Morgan fingerprint density at radius 3 is 1.80 bits per heavy atom. The van der Waals surface area contributed by atoms with Crippen LogP contribution in [0.2, 0.25) is 0 Å². The minimum Gasteiger partial charge on any atom is -0.453 e. The monoisotopic (exact) mass is 1330 g/mol. The van der Waals surface area contributed by atoms with Gasteiger partial charge in [0.25, 0.3) is 0 Å². The predicted octanol–water partition coefficient (Wildman–Crippen LogP) is -4.69. The molecule has 34 heteroatoms. The lowest BCUT2D eigenvalue weighted by molar-refractivity contribution is -0.159. The van der Waals surface area contributed by atoms with E-state index in [-0.39, 0.29) is 56.0 Å². The van der Waals surface area contributed by atoms with Crippen molar-refractivity contribution in [2.45, 2.75) is 213 Å². The minimum absolute atomic E-state index is 0.000592. The maximum Gasteiger partial charge on any atom is 0.408 e. The number of aliphatic hydroxyl groups is 4. The first kappa shape index (κ1) is 81.3. The van der Waals surface area contributed by atoms with E-state index in [1.54, 1.807) is 69.2 Å². The lowest BCUT2D eigenvalue weighted by Crippen LogP contribution is -2.64. The molecule has 0 aliphatic carbocycles. The Morgan fingerprint density at radius 1 is 0.691 bits per heavy atom. The van der Waals surface area contributed by atoms with E-state index in [2.05, 4.69) is 53.2 Å². The molecule has 528 valence electrons. The van der Waals surface area contributed by atoms with Gasteiger partial charge in [0.15, 0.2) is 24.2 Å². The predicted molar refractivity (Wildman–Crippen MR) is 337 cm³/mol. The number of ether oxygens (including phenoxy) is 2. The van der Waals surface area contributed by atoms with E-state index in [1.165, 1.54) is 44.2 Å². The highest BCUT2D eigenvalue weighted by Gasteiger charge is 2.44. The number of hydrogen-bond acceptors (Lipinski definition) is 20. The summed E-state index contributed by atoms with van der Waals surface area (Å²) < 4.78 is 11.2. The molecule has 1 saturated heterocycles. The molecule has 12 amide bonds. The van der Waals surface area contributed by atoms with E-state index < -0.39 is 198 Å². The van der Waals surface area contributed by atoms with Crippen molar-refractivity contribution in [3.05, 3.63) is 35.9 Å². The number of guanidine groups is 1. The Hall–Kier alpha value is -8.76. The summed E-state index contributed by atoms with van der Waals surface area (Å²) in [5.41, 5.74) is 9.70. The topological polar surface area (TPSA) is 542 Å². The van der Waals surface area contributed by atoms with Gasteiger partial charge in [0.2, 0.25) is 65.0 Å². The van der Waals surface area contributed by atoms with Crippen LogP contribution in [-0.4, -0.2) is 207 Å². The van der Waals surface area contributed by atoms with E-state index >= 15 is 4.79 Å². The maximum atomic E-state index is 15.4. The molecule has 0 bridgehead atoms. The molecule has 21 N–H and O–H groups in total.